The number of rotatable bonds is 5. The Bertz CT molecular complexity index is 531. The maximum Gasteiger partial charge on any atom is 0.161 e. The molecule has 0 amide bonds. The Morgan fingerprint density at radius 2 is 1.89 bits per heavy atom. The van der Waals surface area contributed by atoms with Crippen molar-refractivity contribution in [3.8, 4) is 11.5 Å². The van der Waals surface area contributed by atoms with Gasteiger partial charge in [-0.3, -0.25) is 0 Å². The predicted octanol–water partition coefficient (Wildman–Crippen LogP) is 2.67. The van der Waals surface area contributed by atoms with E-state index in [4.69, 9.17) is 9.47 Å². The third kappa shape index (κ3) is 3.13. The molecule has 1 unspecified atom stereocenters. The fraction of sp³-hybridized carbons (Fsp3) is 0.286. The molecule has 5 nitrogen and oxygen atoms in total. The number of aromatic nitrogens is 2. The van der Waals surface area contributed by atoms with Gasteiger partial charge in [0.15, 0.2) is 11.5 Å². The molecular formula is C14H17N3O2. The number of hydrogen-bond acceptors (Lipinski definition) is 5. The Morgan fingerprint density at radius 3 is 2.53 bits per heavy atom. The highest BCUT2D eigenvalue weighted by molar-refractivity contribution is 5.45. The van der Waals surface area contributed by atoms with E-state index >= 15 is 0 Å². The van der Waals surface area contributed by atoms with Crippen LogP contribution in [0.1, 0.15) is 18.5 Å². The van der Waals surface area contributed by atoms with E-state index in [2.05, 4.69) is 22.4 Å². The van der Waals surface area contributed by atoms with Crippen LogP contribution in [0.4, 0.5) is 5.82 Å². The lowest BCUT2D eigenvalue weighted by molar-refractivity contribution is 0.354. The normalized spacial score (nSPS) is 11.7. The van der Waals surface area contributed by atoms with E-state index in [1.165, 1.54) is 0 Å². The van der Waals surface area contributed by atoms with Gasteiger partial charge in [-0.05, 0) is 36.8 Å². The van der Waals surface area contributed by atoms with Crippen LogP contribution in [0.5, 0.6) is 11.5 Å². The van der Waals surface area contributed by atoms with Gasteiger partial charge in [-0.2, -0.15) is 5.10 Å². The number of ether oxygens (including phenoxy) is 2. The van der Waals surface area contributed by atoms with Gasteiger partial charge in [0.1, 0.15) is 5.82 Å². The molecule has 0 aliphatic heterocycles. The van der Waals surface area contributed by atoms with Crippen molar-refractivity contribution in [2.75, 3.05) is 19.5 Å². The molecule has 0 radical (unpaired) electrons. The van der Waals surface area contributed by atoms with Crippen molar-refractivity contribution >= 4 is 5.82 Å². The van der Waals surface area contributed by atoms with Crippen LogP contribution >= 0.6 is 0 Å². The molecule has 1 heterocycles. The SMILES string of the molecule is COc1ccc(C(C)Nc2cccnn2)cc1OC. The molecule has 0 bridgehead atoms. The standard InChI is InChI=1S/C14H17N3O2/c1-10(16-14-5-4-8-15-17-14)11-6-7-12(18-2)13(9-11)19-3/h4-10H,1-3H3,(H,16,17). The molecule has 0 aliphatic rings. The number of nitrogens with zero attached hydrogens (tertiary/aromatic N) is 2. The molecule has 2 rings (SSSR count). The molecule has 1 atom stereocenters. The minimum absolute atomic E-state index is 0.0940. The first-order chi connectivity index (χ1) is 9.24. The highest BCUT2D eigenvalue weighted by Gasteiger charge is 2.10. The molecule has 1 aromatic carbocycles. The van der Waals surface area contributed by atoms with Crippen LogP contribution in [0.25, 0.3) is 0 Å². The van der Waals surface area contributed by atoms with Crippen molar-refractivity contribution in [1.29, 1.82) is 0 Å². The monoisotopic (exact) mass is 259 g/mol. The van der Waals surface area contributed by atoms with Gasteiger partial charge < -0.3 is 14.8 Å². The van der Waals surface area contributed by atoms with Gasteiger partial charge >= 0.3 is 0 Å². The third-order valence-corrected chi connectivity index (χ3v) is 2.84. The fourth-order valence-electron chi connectivity index (χ4n) is 1.81. The van der Waals surface area contributed by atoms with E-state index in [1.807, 2.05) is 30.3 Å². The summed E-state index contributed by atoms with van der Waals surface area (Å²) < 4.78 is 10.5. The summed E-state index contributed by atoms with van der Waals surface area (Å²) in [4.78, 5) is 0. The Balaban J connectivity index is 2.17. The highest BCUT2D eigenvalue weighted by Crippen LogP contribution is 2.30. The number of benzene rings is 1. The molecule has 0 saturated heterocycles. The minimum atomic E-state index is 0.0940. The summed E-state index contributed by atoms with van der Waals surface area (Å²) in [5.41, 5.74) is 1.09. The zero-order valence-electron chi connectivity index (χ0n) is 11.3. The quantitative estimate of drug-likeness (QED) is 0.894. The zero-order valence-corrected chi connectivity index (χ0v) is 11.3. The number of nitrogens with one attached hydrogen (secondary N) is 1. The largest absolute Gasteiger partial charge is 0.493 e. The summed E-state index contributed by atoms with van der Waals surface area (Å²) in [7, 11) is 3.25. The summed E-state index contributed by atoms with van der Waals surface area (Å²) in [5.74, 6) is 2.18. The Kier molecular flexibility index (Phi) is 4.18. The lowest BCUT2D eigenvalue weighted by atomic mass is 10.1. The molecule has 100 valence electrons. The van der Waals surface area contributed by atoms with E-state index in [1.54, 1.807) is 20.4 Å². The summed E-state index contributed by atoms with van der Waals surface area (Å²) in [6, 6.07) is 9.66. The predicted molar refractivity (Wildman–Crippen MR) is 73.6 cm³/mol. The van der Waals surface area contributed by atoms with Crippen LogP contribution in [0.15, 0.2) is 36.5 Å². The first-order valence-corrected chi connectivity index (χ1v) is 6.00. The van der Waals surface area contributed by atoms with Crippen molar-refractivity contribution in [2.45, 2.75) is 13.0 Å². The average Bonchev–Trinajstić information content (AvgIpc) is 2.47. The van der Waals surface area contributed by atoms with Crippen LogP contribution < -0.4 is 14.8 Å². The number of methoxy groups -OCH3 is 2. The first-order valence-electron chi connectivity index (χ1n) is 6.00. The van der Waals surface area contributed by atoms with Crippen LogP contribution in [0.3, 0.4) is 0 Å². The van der Waals surface area contributed by atoms with E-state index in [0.29, 0.717) is 5.75 Å². The van der Waals surface area contributed by atoms with Crippen molar-refractivity contribution in [3.63, 3.8) is 0 Å². The van der Waals surface area contributed by atoms with E-state index in [9.17, 15) is 0 Å². The lowest BCUT2D eigenvalue weighted by Gasteiger charge is -2.16. The Hall–Kier alpha value is -2.30. The van der Waals surface area contributed by atoms with E-state index < -0.39 is 0 Å². The van der Waals surface area contributed by atoms with Crippen molar-refractivity contribution in [3.05, 3.63) is 42.1 Å². The lowest BCUT2D eigenvalue weighted by Crippen LogP contribution is -2.08. The van der Waals surface area contributed by atoms with Gasteiger partial charge in [0, 0.05) is 6.20 Å². The van der Waals surface area contributed by atoms with Gasteiger partial charge in [-0.25, -0.2) is 0 Å². The molecule has 2 aromatic rings. The van der Waals surface area contributed by atoms with Gasteiger partial charge in [-0.15, -0.1) is 5.10 Å². The zero-order chi connectivity index (χ0) is 13.7. The topological polar surface area (TPSA) is 56.3 Å². The maximum absolute atomic E-state index is 5.30. The molecule has 0 aliphatic carbocycles. The van der Waals surface area contributed by atoms with Gasteiger partial charge in [0.2, 0.25) is 0 Å². The molecule has 0 fully saturated rings. The Morgan fingerprint density at radius 1 is 1.11 bits per heavy atom. The minimum Gasteiger partial charge on any atom is -0.493 e. The van der Waals surface area contributed by atoms with Gasteiger partial charge in [-0.1, -0.05) is 6.07 Å². The van der Waals surface area contributed by atoms with E-state index in [0.717, 1.165) is 17.1 Å². The van der Waals surface area contributed by atoms with Crippen LogP contribution in [0, 0.1) is 0 Å². The third-order valence-electron chi connectivity index (χ3n) is 2.84. The second-order valence-electron chi connectivity index (χ2n) is 4.09. The average molecular weight is 259 g/mol. The molecular weight excluding hydrogens is 242 g/mol. The second kappa shape index (κ2) is 6.04. The van der Waals surface area contributed by atoms with Crippen LogP contribution in [-0.2, 0) is 0 Å². The van der Waals surface area contributed by atoms with Crippen molar-refractivity contribution in [1.82, 2.24) is 10.2 Å². The summed E-state index contributed by atoms with van der Waals surface area (Å²) in [5, 5.41) is 11.1. The maximum atomic E-state index is 5.30. The number of hydrogen-bond donors (Lipinski definition) is 1. The van der Waals surface area contributed by atoms with Crippen molar-refractivity contribution in [2.24, 2.45) is 0 Å². The van der Waals surface area contributed by atoms with Crippen LogP contribution in [-0.4, -0.2) is 24.4 Å². The van der Waals surface area contributed by atoms with Crippen molar-refractivity contribution < 1.29 is 9.47 Å². The molecule has 0 saturated carbocycles. The van der Waals surface area contributed by atoms with E-state index in [-0.39, 0.29) is 6.04 Å². The fourth-order valence-corrected chi connectivity index (χ4v) is 1.81. The Labute approximate surface area is 112 Å². The smallest absolute Gasteiger partial charge is 0.161 e. The van der Waals surface area contributed by atoms with Crippen LogP contribution in [0.2, 0.25) is 0 Å². The first kappa shape index (κ1) is 13.1. The molecule has 5 heteroatoms. The summed E-state index contributed by atoms with van der Waals surface area (Å²) in [6.07, 6.45) is 1.65. The number of anilines is 1. The van der Waals surface area contributed by atoms with Gasteiger partial charge in [0.25, 0.3) is 0 Å². The second-order valence-corrected chi connectivity index (χ2v) is 4.09. The molecule has 1 aromatic heterocycles. The highest BCUT2D eigenvalue weighted by atomic mass is 16.5. The van der Waals surface area contributed by atoms with Gasteiger partial charge in [0.05, 0.1) is 20.3 Å². The molecule has 19 heavy (non-hydrogen) atoms. The molecule has 0 spiro atoms. The summed E-state index contributed by atoms with van der Waals surface area (Å²) >= 11 is 0. The summed E-state index contributed by atoms with van der Waals surface area (Å²) in [6.45, 7) is 2.05. The molecule has 1 N–H and O–H groups in total.